The van der Waals surface area contributed by atoms with Gasteiger partial charge >= 0.3 is 0 Å². The van der Waals surface area contributed by atoms with Crippen molar-refractivity contribution in [3.63, 3.8) is 0 Å². The third-order valence-corrected chi connectivity index (χ3v) is 8.76. The number of aryl methyl sites for hydroxylation is 2. The molecule has 7 rings (SSSR count). The first-order valence-corrected chi connectivity index (χ1v) is 13.1. The van der Waals surface area contributed by atoms with E-state index in [1.54, 1.807) is 21.5 Å². The summed E-state index contributed by atoms with van der Waals surface area (Å²) >= 11 is 1.50. The van der Waals surface area contributed by atoms with E-state index < -0.39 is 0 Å². The molecule has 10 nitrogen and oxygen atoms in total. The van der Waals surface area contributed by atoms with Gasteiger partial charge in [0.25, 0.3) is 11.5 Å². The Bertz CT molecular complexity index is 1740. The molecule has 184 valence electrons. The van der Waals surface area contributed by atoms with Gasteiger partial charge in [-0.25, -0.2) is 4.52 Å². The average Bonchev–Trinajstić information content (AvgIpc) is 3.14. The molecule has 1 saturated heterocycles. The zero-order valence-corrected chi connectivity index (χ0v) is 21.0. The average molecular weight is 503 g/mol. The van der Waals surface area contributed by atoms with Gasteiger partial charge in [0.2, 0.25) is 0 Å². The molecule has 5 aromatic rings. The molecular weight excluding hydrogens is 476 g/mol. The molecule has 1 spiro atoms. The van der Waals surface area contributed by atoms with Crippen molar-refractivity contribution in [2.24, 2.45) is 12.5 Å². The molecule has 0 unspecified atom stereocenters. The van der Waals surface area contributed by atoms with Gasteiger partial charge in [0.1, 0.15) is 21.3 Å². The van der Waals surface area contributed by atoms with Crippen molar-refractivity contribution in [3.8, 4) is 10.4 Å². The Labute approximate surface area is 209 Å². The van der Waals surface area contributed by atoms with E-state index >= 15 is 0 Å². The second-order valence-corrected chi connectivity index (χ2v) is 11.3. The van der Waals surface area contributed by atoms with E-state index in [9.17, 15) is 9.59 Å². The number of H-pyrrole nitrogens is 1. The van der Waals surface area contributed by atoms with Crippen LogP contribution in [0.15, 0.2) is 29.5 Å². The zero-order valence-electron chi connectivity index (χ0n) is 20.2. The Kier molecular flexibility index (Phi) is 4.65. The first-order chi connectivity index (χ1) is 17.4. The van der Waals surface area contributed by atoms with E-state index in [0.717, 1.165) is 40.6 Å². The van der Waals surface area contributed by atoms with Crippen molar-refractivity contribution in [1.82, 2.24) is 39.6 Å². The quantitative estimate of drug-likeness (QED) is 0.382. The fourth-order valence-electron chi connectivity index (χ4n) is 5.47. The Morgan fingerprint density at radius 1 is 1.22 bits per heavy atom. The number of amides is 1. The molecule has 5 aromatic heterocycles. The van der Waals surface area contributed by atoms with Crippen LogP contribution in [0.1, 0.15) is 35.3 Å². The maximum absolute atomic E-state index is 13.1. The topological polar surface area (TPSA) is 113 Å². The standard InChI is InChI=1S/C25H26N8O2S/c1-14-16(11-31(2)29-14)18-12-33-24(36-18)19-21(30-33)20-17(28-23(19)35)9-15(10-27-20)22(34)26-6-8-32-7-5-25(13-32)3-4-25/h9-12H,3-8,13H2,1-2H3,(H,26,34)(H,28,35). The van der Waals surface area contributed by atoms with Crippen molar-refractivity contribution in [1.29, 1.82) is 0 Å². The maximum Gasteiger partial charge on any atom is 0.261 e. The van der Waals surface area contributed by atoms with Crippen LogP contribution in [0.5, 0.6) is 0 Å². The minimum atomic E-state index is -0.244. The first kappa shape index (κ1) is 21.7. The van der Waals surface area contributed by atoms with Crippen LogP contribution in [0, 0.1) is 12.3 Å². The predicted molar refractivity (Wildman–Crippen MR) is 138 cm³/mol. The number of likely N-dealkylation sites (tertiary alicyclic amines) is 1. The van der Waals surface area contributed by atoms with Crippen LogP contribution in [0.4, 0.5) is 0 Å². The molecule has 6 heterocycles. The van der Waals surface area contributed by atoms with Crippen LogP contribution >= 0.6 is 11.3 Å². The SMILES string of the molecule is Cc1nn(C)cc1-c1cn2nc3c4ncc(C(=O)NCCN5CCC6(CC6)C5)cc4[nH]c(=O)c3c2s1. The van der Waals surface area contributed by atoms with Crippen LogP contribution in [0.2, 0.25) is 0 Å². The molecule has 1 saturated carbocycles. The molecule has 0 atom stereocenters. The summed E-state index contributed by atoms with van der Waals surface area (Å²) in [5, 5.41) is 12.6. The largest absolute Gasteiger partial charge is 0.351 e. The van der Waals surface area contributed by atoms with Gasteiger partial charge in [-0.05, 0) is 44.2 Å². The molecule has 0 radical (unpaired) electrons. The molecular formula is C25H26N8O2S. The zero-order chi connectivity index (χ0) is 24.6. The predicted octanol–water partition coefficient (Wildman–Crippen LogP) is 2.71. The van der Waals surface area contributed by atoms with E-state index in [4.69, 9.17) is 0 Å². The number of fused-ring (bicyclic) bond motifs is 5. The van der Waals surface area contributed by atoms with Crippen LogP contribution in [-0.4, -0.2) is 66.3 Å². The molecule has 2 fully saturated rings. The van der Waals surface area contributed by atoms with Crippen LogP contribution in [0.25, 0.3) is 37.2 Å². The van der Waals surface area contributed by atoms with E-state index in [2.05, 4.69) is 30.4 Å². The minimum Gasteiger partial charge on any atom is -0.351 e. The smallest absolute Gasteiger partial charge is 0.261 e. The summed E-state index contributed by atoms with van der Waals surface area (Å²) in [4.78, 5) is 37.5. The van der Waals surface area contributed by atoms with Gasteiger partial charge in [-0.1, -0.05) is 0 Å². The number of hydrogen-bond donors (Lipinski definition) is 2. The van der Waals surface area contributed by atoms with Gasteiger partial charge < -0.3 is 15.2 Å². The van der Waals surface area contributed by atoms with Gasteiger partial charge in [-0.15, -0.1) is 11.3 Å². The summed E-state index contributed by atoms with van der Waals surface area (Å²) in [7, 11) is 1.89. The third-order valence-electron chi connectivity index (χ3n) is 7.63. The number of rotatable bonds is 5. The summed E-state index contributed by atoms with van der Waals surface area (Å²) in [6.45, 7) is 5.69. The number of pyridine rings is 2. The molecule has 36 heavy (non-hydrogen) atoms. The van der Waals surface area contributed by atoms with Crippen molar-refractivity contribution in [3.05, 3.63) is 46.3 Å². The number of nitrogens with one attached hydrogen (secondary N) is 2. The summed E-state index contributed by atoms with van der Waals surface area (Å²) in [6, 6.07) is 1.69. The molecule has 0 bridgehead atoms. The van der Waals surface area contributed by atoms with Crippen molar-refractivity contribution >= 4 is 44.0 Å². The number of thiazole rings is 1. The minimum absolute atomic E-state index is 0.187. The Morgan fingerprint density at radius 3 is 2.83 bits per heavy atom. The normalized spacial score (nSPS) is 17.2. The van der Waals surface area contributed by atoms with Crippen LogP contribution < -0.4 is 10.9 Å². The lowest BCUT2D eigenvalue weighted by molar-refractivity contribution is 0.0949. The highest BCUT2D eigenvalue weighted by molar-refractivity contribution is 7.21. The summed E-state index contributed by atoms with van der Waals surface area (Å²) < 4.78 is 3.51. The first-order valence-electron chi connectivity index (χ1n) is 12.2. The third kappa shape index (κ3) is 3.45. The van der Waals surface area contributed by atoms with E-state index in [-0.39, 0.29) is 11.5 Å². The van der Waals surface area contributed by atoms with E-state index in [1.165, 1.54) is 30.6 Å². The van der Waals surface area contributed by atoms with Crippen LogP contribution in [-0.2, 0) is 7.05 Å². The summed E-state index contributed by atoms with van der Waals surface area (Å²) in [6.07, 6.45) is 9.43. The highest BCUT2D eigenvalue weighted by Crippen LogP contribution is 2.52. The second-order valence-electron chi connectivity index (χ2n) is 10.2. The van der Waals surface area contributed by atoms with Gasteiger partial charge in [-0.3, -0.25) is 19.3 Å². The number of carbonyl (C=O) groups is 1. The molecule has 0 aromatic carbocycles. The maximum atomic E-state index is 13.1. The number of hydrogen-bond acceptors (Lipinski definition) is 7. The van der Waals surface area contributed by atoms with Gasteiger partial charge in [0.15, 0.2) is 0 Å². The van der Waals surface area contributed by atoms with Crippen LogP contribution in [0.3, 0.4) is 0 Å². The highest BCUT2D eigenvalue weighted by Gasteiger charge is 2.47. The van der Waals surface area contributed by atoms with Gasteiger partial charge in [0.05, 0.1) is 21.7 Å². The Morgan fingerprint density at radius 2 is 2.08 bits per heavy atom. The van der Waals surface area contributed by atoms with E-state index in [1.807, 2.05) is 26.4 Å². The second kappa shape index (κ2) is 7.71. The lowest BCUT2D eigenvalue weighted by Crippen LogP contribution is -2.34. The number of aromatic nitrogens is 6. The van der Waals surface area contributed by atoms with Gasteiger partial charge in [0, 0.05) is 50.8 Å². The monoisotopic (exact) mass is 502 g/mol. The Hall–Kier alpha value is -3.57. The fourth-order valence-corrected chi connectivity index (χ4v) is 6.62. The number of carbonyl (C=O) groups excluding carboxylic acids is 1. The van der Waals surface area contributed by atoms with Gasteiger partial charge in [-0.2, -0.15) is 10.2 Å². The fraction of sp³-hybridized carbons (Fsp3) is 0.400. The van der Waals surface area contributed by atoms with Crippen molar-refractivity contribution in [2.75, 3.05) is 26.2 Å². The Balaban J connectivity index is 1.16. The molecule has 1 aliphatic carbocycles. The van der Waals surface area contributed by atoms with Crippen molar-refractivity contribution < 1.29 is 4.79 Å². The summed E-state index contributed by atoms with van der Waals surface area (Å²) in [5.74, 6) is -0.187. The lowest BCUT2D eigenvalue weighted by Gasteiger charge is -2.16. The molecule has 11 heteroatoms. The lowest BCUT2D eigenvalue weighted by atomic mass is 10.1. The molecule has 1 amide bonds. The summed E-state index contributed by atoms with van der Waals surface area (Å²) in [5.41, 5.74) is 4.31. The number of aromatic amines is 1. The number of nitrogens with zero attached hydrogens (tertiary/aromatic N) is 6. The molecule has 1 aliphatic heterocycles. The molecule has 2 aliphatic rings. The molecule has 2 N–H and O–H groups in total. The highest BCUT2D eigenvalue weighted by atomic mass is 32.1. The van der Waals surface area contributed by atoms with E-state index in [0.29, 0.717) is 39.5 Å². The van der Waals surface area contributed by atoms with Crippen molar-refractivity contribution in [2.45, 2.75) is 26.2 Å².